The summed E-state index contributed by atoms with van der Waals surface area (Å²) in [6.45, 7) is 33.4. The van der Waals surface area contributed by atoms with E-state index in [0.29, 0.717) is 46.1 Å². The molecule has 2 spiro atoms. The predicted molar refractivity (Wildman–Crippen MR) is 325 cm³/mol. The van der Waals surface area contributed by atoms with Crippen LogP contribution >= 0.6 is 0 Å². The van der Waals surface area contributed by atoms with Gasteiger partial charge in [-0.25, -0.2) is 23.2 Å². The van der Waals surface area contributed by atoms with Crippen LogP contribution in [0.1, 0.15) is 240 Å². The SMILES string of the molecule is C=C(c1ccc(C(=O)O)cc1)c1cc2c(cc1C)C(C)(CC1CC13CCC(C)(C)c1cc(C(F)CC)c(C(=C)c4ccc(C(=O)O)cc4)cc13)CCC21CC1CC1(C)CCC(C)(C)c2c1cc(C)c(C(=C)c1ccc(C(=O)O)cc1)c2F. The standard InChI is InChI=1S/C74H78F2O6/c1-13-62(75)56-36-57-59(35-55(56)44(5)47-16-22-50(23-17-47)67(79)80)73(30-27-69(57,7)8)39-52(73)37-71(11)29-31-74(60-34-54(41(2)32-58(60)71)43(4)46-14-20-49(21-15-46)66(77)78)40-53(74)38-72(12)28-26-70(9,10)64-61(72)33-42(3)63(65(64)76)45(6)48-18-24-51(25-19-48)68(81)82/h14-25,32-36,52-53,62H,4-6,13,26-31,37-40H2,1-3,7-12H3,(H,77,78)(H,79,80)(H,81,82). The fraction of sp³-hybridized carbons (Fsp3) is 0.392. The van der Waals surface area contributed by atoms with Gasteiger partial charge in [0.2, 0.25) is 0 Å². The zero-order chi connectivity index (χ0) is 59.0. The Balaban J connectivity index is 0.964. The van der Waals surface area contributed by atoms with E-state index in [0.717, 1.165) is 114 Å². The van der Waals surface area contributed by atoms with Gasteiger partial charge in [-0.1, -0.05) is 129 Å². The molecule has 82 heavy (non-hydrogen) atoms. The monoisotopic (exact) mass is 1100 g/mol. The summed E-state index contributed by atoms with van der Waals surface area (Å²) >= 11 is 0. The van der Waals surface area contributed by atoms with Crippen LogP contribution < -0.4 is 0 Å². The first-order chi connectivity index (χ1) is 38.6. The fourth-order valence-corrected chi connectivity index (χ4v) is 16.0. The van der Waals surface area contributed by atoms with Crippen LogP contribution in [0.25, 0.3) is 16.7 Å². The number of fused-ring (bicyclic) bond motifs is 5. The molecule has 0 saturated heterocycles. The number of aryl methyl sites for hydroxylation is 2. The Kier molecular flexibility index (Phi) is 13.6. The van der Waals surface area contributed by atoms with E-state index < -0.39 is 29.5 Å². The van der Waals surface area contributed by atoms with Crippen LogP contribution in [0, 0.1) is 31.5 Å². The smallest absolute Gasteiger partial charge is 0.335 e. The molecule has 8 heteroatoms. The zero-order valence-electron chi connectivity index (χ0n) is 49.3. The van der Waals surface area contributed by atoms with E-state index in [-0.39, 0.29) is 49.6 Å². The molecule has 0 bridgehead atoms. The Morgan fingerprint density at radius 3 is 1.41 bits per heavy atom. The van der Waals surface area contributed by atoms with Crippen molar-refractivity contribution in [2.24, 2.45) is 11.8 Å². The minimum absolute atomic E-state index is 0.0865. The highest BCUT2D eigenvalue weighted by molar-refractivity contribution is 5.91. The molecule has 424 valence electrons. The van der Waals surface area contributed by atoms with Crippen LogP contribution in [0.3, 0.4) is 0 Å². The van der Waals surface area contributed by atoms with Gasteiger partial charge in [0.1, 0.15) is 12.0 Å². The van der Waals surface area contributed by atoms with Crippen molar-refractivity contribution in [3.63, 3.8) is 0 Å². The molecule has 0 amide bonds. The summed E-state index contributed by atoms with van der Waals surface area (Å²) in [5.74, 6) is -2.51. The van der Waals surface area contributed by atoms with Crippen molar-refractivity contribution in [3.05, 3.63) is 229 Å². The predicted octanol–water partition coefficient (Wildman–Crippen LogP) is 18.3. The van der Waals surface area contributed by atoms with Gasteiger partial charge in [-0.15, -0.1) is 0 Å². The number of benzene rings is 6. The lowest BCUT2D eigenvalue weighted by Gasteiger charge is -2.46. The summed E-state index contributed by atoms with van der Waals surface area (Å²) in [4.78, 5) is 35.4. The van der Waals surface area contributed by atoms with Crippen molar-refractivity contribution in [1.82, 2.24) is 0 Å². The van der Waals surface area contributed by atoms with E-state index in [2.05, 4.69) is 98.5 Å². The Bertz CT molecular complexity index is 3710. The minimum atomic E-state index is -1.19. The van der Waals surface area contributed by atoms with Crippen LogP contribution in [0.5, 0.6) is 0 Å². The van der Waals surface area contributed by atoms with Gasteiger partial charge in [0.05, 0.1) is 16.7 Å². The molecule has 0 radical (unpaired) electrons. The van der Waals surface area contributed by atoms with Crippen LogP contribution in [-0.4, -0.2) is 33.2 Å². The maximum atomic E-state index is 17.7. The highest BCUT2D eigenvalue weighted by Gasteiger charge is 2.64. The topological polar surface area (TPSA) is 112 Å². The summed E-state index contributed by atoms with van der Waals surface area (Å²) < 4.78 is 34.1. The number of carboxylic acid groups (broad SMARTS) is 3. The van der Waals surface area contributed by atoms with E-state index in [4.69, 9.17) is 0 Å². The molecule has 2 saturated carbocycles. The van der Waals surface area contributed by atoms with E-state index in [1.165, 1.54) is 22.3 Å². The van der Waals surface area contributed by atoms with Gasteiger partial charge in [0.25, 0.3) is 0 Å². The molecule has 0 aliphatic heterocycles. The van der Waals surface area contributed by atoms with Crippen molar-refractivity contribution < 1.29 is 38.5 Å². The second kappa shape index (κ2) is 19.7. The van der Waals surface area contributed by atoms with Crippen LogP contribution in [0.4, 0.5) is 8.78 Å². The van der Waals surface area contributed by atoms with Gasteiger partial charge < -0.3 is 15.3 Å². The lowest BCUT2D eigenvalue weighted by Crippen LogP contribution is -2.39. The number of alkyl halides is 1. The van der Waals surface area contributed by atoms with E-state index in [1.807, 2.05) is 26.0 Å². The number of hydrogen-bond acceptors (Lipinski definition) is 3. The Morgan fingerprint density at radius 2 is 0.915 bits per heavy atom. The summed E-state index contributed by atoms with van der Waals surface area (Å²) in [5, 5.41) is 29.0. The van der Waals surface area contributed by atoms with Gasteiger partial charge in [0, 0.05) is 5.56 Å². The second-order valence-electron chi connectivity index (χ2n) is 27.4. The highest BCUT2D eigenvalue weighted by atomic mass is 19.1. The highest BCUT2D eigenvalue weighted by Crippen LogP contribution is 2.71. The van der Waals surface area contributed by atoms with Gasteiger partial charge >= 0.3 is 17.9 Å². The molecule has 7 atom stereocenters. The first-order valence-corrected chi connectivity index (χ1v) is 29.5. The summed E-state index contributed by atoms with van der Waals surface area (Å²) in [5.41, 5.74) is 15.7. The summed E-state index contributed by atoms with van der Waals surface area (Å²) in [6.07, 6.45) is 8.87. The first kappa shape index (κ1) is 56.7. The van der Waals surface area contributed by atoms with Crippen molar-refractivity contribution in [1.29, 1.82) is 0 Å². The van der Waals surface area contributed by atoms with E-state index in [9.17, 15) is 29.7 Å². The number of hydrogen-bond donors (Lipinski definition) is 3. The largest absolute Gasteiger partial charge is 0.478 e. The van der Waals surface area contributed by atoms with Gasteiger partial charge in [0.15, 0.2) is 0 Å². The average Bonchev–Trinajstić information content (AvgIpc) is 4.53. The molecule has 6 aromatic carbocycles. The Hall–Kier alpha value is -7.19. The number of halogens is 2. The van der Waals surface area contributed by atoms with Crippen LogP contribution in [-0.2, 0) is 32.5 Å². The summed E-state index contributed by atoms with van der Waals surface area (Å²) in [6, 6.07) is 31.8. The Labute approximate surface area is 483 Å². The van der Waals surface area contributed by atoms with Crippen molar-refractivity contribution in [2.45, 2.75) is 172 Å². The molecule has 11 rings (SSSR count). The molecule has 7 unspecified atom stereocenters. The fourth-order valence-electron chi connectivity index (χ4n) is 16.0. The lowest BCUT2D eigenvalue weighted by molar-refractivity contribution is 0.0686. The number of carbonyl (C=O) groups is 3. The molecule has 6 aromatic rings. The quantitative estimate of drug-likeness (QED) is 0.0944. The molecular formula is C74H78F2O6. The molecule has 2 fully saturated rings. The molecule has 0 heterocycles. The normalized spacial score (nSPS) is 25.5. The molecule has 0 aromatic heterocycles. The van der Waals surface area contributed by atoms with Crippen LogP contribution in [0.2, 0.25) is 0 Å². The molecule has 6 nitrogen and oxygen atoms in total. The van der Waals surface area contributed by atoms with Crippen molar-refractivity contribution in [2.75, 3.05) is 0 Å². The second-order valence-corrected chi connectivity index (χ2v) is 27.4. The van der Waals surface area contributed by atoms with Gasteiger partial charge in [-0.3, -0.25) is 0 Å². The molecule has 3 N–H and O–H groups in total. The van der Waals surface area contributed by atoms with E-state index in [1.54, 1.807) is 60.7 Å². The first-order valence-electron chi connectivity index (χ1n) is 29.5. The van der Waals surface area contributed by atoms with Gasteiger partial charge in [-0.2, -0.15) is 0 Å². The zero-order valence-corrected chi connectivity index (χ0v) is 49.3. The number of aromatic carboxylic acids is 3. The third kappa shape index (κ3) is 9.22. The van der Waals surface area contributed by atoms with Gasteiger partial charge in [-0.05, 0) is 266 Å². The third-order valence-electron chi connectivity index (χ3n) is 21.4. The Morgan fingerprint density at radius 1 is 0.512 bits per heavy atom. The van der Waals surface area contributed by atoms with Crippen molar-refractivity contribution >= 4 is 34.6 Å². The number of rotatable bonds is 15. The van der Waals surface area contributed by atoms with Crippen molar-refractivity contribution in [3.8, 4) is 0 Å². The average molecular weight is 1100 g/mol. The molecular weight excluding hydrogens is 1020 g/mol. The minimum Gasteiger partial charge on any atom is -0.478 e. The van der Waals surface area contributed by atoms with E-state index >= 15 is 8.78 Å². The molecule has 5 aliphatic carbocycles. The third-order valence-corrected chi connectivity index (χ3v) is 21.4. The van der Waals surface area contributed by atoms with Crippen LogP contribution in [0.15, 0.2) is 123 Å². The number of carboxylic acids is 3. The summed E-state index contributed by atoms with van der Waals surface area (Å²) in [7, 11) is 0. The lowest BCUT2D eigenvalue weighted by atomic mass is 9.58. The molecule has 5 aliphatic rings. The maximum absolute atomic E-state index is 17.7. The maximum Gasteiger partial charge on any atom is 0.335 e.